The van der Waals surface area contributed by atoms with Crippen LogP contribution >= 0.6 is 15.9 Å². The van der Waals surface area contributed by atoms with Gasteiger partial charge >= 0.3 is 0 Å². The van der Waals surface area contributed by atoms with Crippen LogP contribution in [0.4, 0.5) is 0 Å². The van der Waals surface area contributed by atoms with Crippen LogP contribution in [0.15, 0.2) is 46.0 Å². The molecule has 0 saturated heterocycles. The third-order valence-electron chi connectivity index (χ3n) is 3.54. The molecule has 0 unspecified atom stereocenters. The summed E-state index contributed by atoms with van der Waals surface area (Å²) in [5, 5.41) is 6.90. The maximum absolute atomic E-state index is 12.4. The number of sulfonamides is 1. The molecule has 9 heteroatoms. The first-order chi connectivity index (χ1) is 11.8. The summed E-state index contributed by atoms with van der Waals surface area (Å²) in [6, 6.07) is 6.30. The lowest BCUT2D eigenvalue weighted by molar-refractivity contribution is -0.121. The van der Waals surface area contributed by atoms with Crippen LogP contribution in [0.2, 0.25) is 0 Å². The minimum Gasteiger partial charge on any atom is -0.355 e. The van der Waals surface area contributed by atoms with Gasteiger partial charge in [0, 0.05) is 30.8 Å². The molecule has 0 aliphatic heterocycles. The number of amides is 1. The van der Waals surface area contributed by atoms with Crippen molar-refractivity contribution in [1.29, 1.82) is 0 Å². The summed E-state index contributed by atoms with van der Waals surface area (Å²) in [6.07, 6.45) is 4.43. The van der Waals surface area contributed by atoms with Crippen LogP contribution in [0.25, 0.3) is 0 Å². The Bertz CT molecular complexity index is 818. The van der Waals surface area contributed by atoms with Crippen molar-refractivity contribution < 1.29 is 13.2 Å². The van der Waals surface area contributed by atoms with E-state index in [0.717, 1.165) is 20.8 Å². The third kappa shape index (κ3) is 5.65. The molecule has 0 fully saturated rings. The van der Waals surface area contributed by atoms with E-state index in [1.807, 2.05) is 17.8 Å². The zero-order valence-corrected chi connectivity index (χ0v) is 16.5. The van der Waals surface area contributed by atoms with Gasteiger partial charge in [0.2, 0.25) is 15.9 Å². The van der Waals surface area contributed by atoms with E-state index in [1.165, 1.54) is 19.2 Å². The highest BCUT2D eigenvalue weighted by Crippen LogP contribution is 2.17. The molecule has 0 aliphatic carbocycles. The molecule has 0 radical (unpaired) electrons. The predicted octanol–water partition coefficient (Wildman–Crippen LogP) is 1.78. The maximum atomic E-state index is 12.4. The molecule has 0 atom stereocenters. The monoisotopic (exact) mass is 428 g/mol. The molecule has 0 spiro atoms. The molecule has 0 saturated carbocycles. The molecular weight excluding hydrogens is 408 g/mol. The van der Waals surface area contributed by atoms with Crippen molar-refractivity contribution in [1.82, 2.24) is 19.4 Å². The Hall–Kier alpha value is -1.71. The Kier molecular flexibility index (Phi) is 6.74. The van der Waals surface area contributed by atoms with Gasteiger partial charge in [-0.15, -0.1) is 0 Å². The summed E-state index contributed by atoms with van der Waals surface area (Å²) < 4.78 is 28.5. The van der Waals surface area contributed by atoms with Crippen molar-refractivity contribution in [2.45, 2.75) is 24.8 Å². The number of hydrogen-bond acceptors (Lipinski definition) is 4. The number of nitrogens with zero attached hydrogens (tertiary/aromatic N) is 3. The topological polar surface area (TPSA) is 84.3 Å². The molecule has 1 amide bonds. The lowest BCUT2D eigenvalue weighted by atomic mass is 10.4. The van der Waals surface area contributed by atoms with Gasteiger partial charge in [-0.05, 0) is 43.2 Å². The number of aryl methyl sites for hydroxylation is 2. The van der Waals surface area contributed by atoms with E-state index in [9.17, 15) is 13.2 Å². The molecule has 136 valence electrons. The van der Waals surface area contributed by atoms with Gasteiger partial charge in [-0.2, -0.15) is 9.40 Å². The molecule has 25 heavy (non-hydrogen) atoms. The maximum Gasteiger partial charge on any atom is 0.243 e. The van der Waals surface area contributed by atoms with Gasteiger partial charge in [0.05, 0.1) is 17.6 Å². The number of carbonyl (C=O) groups excluding carboxylic acids is 1. The molecule has 7 nitrogen and oxygen atoms in total. The molecule has 1 N–H and O–H groups in total. The molecule has 1 heterocycles. The molecule has 2 aromatic rings. The number of carbonyl (C=O) groups is 1. The van der Waals surface area contributed by atoms with E-state index >= 15 is 0 Å². The lowest BCUT2D eigenvalue weighted by Crippen LogP contribution is -2.38. The van der Waals surface area contributed by atoms with Gasteiger partial charge in [-0.25, -0.2) is 8.42 Å². The van der Waals surface area contributed by atoms with Crippen molar-refractivity contribution in [3.05, 3.63) is 46.7 Å². The molecule has 0 bridgehead atoms. The van der Waals surface area contributed by atoms with E-state index in [1.54, 1.807) is 18.3 Å². The van der Waals surface area contributed by atoms with Crippen LogP contribution in [-0.2, 0) is 21.4 Å². The molecule has 2 rings (SSSR count). The van der Waals surface area contributed by atoms with Crippen molar-refractivity contribution in [2.75, 3.05) is 20.1 Å². The number of aromatic nitrogens is 2. The predicted molar refractivity (Wildman–Crippen MR) is 98.5 cm³/mol. The van der Waals surface area contributed by atoms with Crippen LogP contribution in [-0.4, -0.2) is 48.5 Å². The van der Waals surface area contributed by atoms with Crippen molar-refractivity contribution in [3.63, 3.8) is 0 Å². The number of benzene rings is 1. The van der Waals surface area contributed by atoms with Crippen LogP contribution in [0.1, 0.15) is 12.0 Å². The zero-order chi connectivity index (χ0) is 18.4. The fraction of sp³-hybridized carbons (Fsp3) is 0.375. The van der Waals surface area contributed by atoms with Crippen LogP contribution < -0.4 is 5.32 Å². The van der Waals surface area contributed by atoms with Crippen LogP contribution in [0.3, 0.4) is 0 Å². The first-order valence-corrected chi connectivity index (χ1v) is 10.00. The van der Waals surface area contributed by atoms with E-state index in [-0.39, 0.29) is 17.3 Å². The highest BCUT2D eigenvalue weighted by molar-refractivity contribution is 9.10. The Labute approximate surface area is 156 Å². The lowest BCUT2D eigenvalue weighted by Gasteiger charge is -2.17. The average molecular weight is 429 g/mol. The number of likely N-dealkylation sites (N-methyl/N-ethyl adjacent to an activating group) is 1. The second-order valence-corrected chi connectivity index (χ2v) is 8.66. The Morgan fingerprint density at radius 1 is 1.32 bits per heavy atom. The smallest absolute Gasteiger partial charge is 0.243 e. The first kappa shape index (κ1) is 19.6. The van der Waals surface area contributed by atoms with Crippen molar-refractivity contribution in [3.8, 4) is 0 Å². The Morgan fingerprint density at radius 2 is 2.00 bits per heavy atom. The molecule has 1 aromatic heterocycles. The summed E-state index contributed by atoms with van der Waals surface area (Å²) in [5.74, 6) is -0.333. The van der Waals surface area contributed by atoms with Gasteiger partial charge < -0.3 is 5.32 Å². The van der Waals surface area contributed by atoms with Crippen LogP contribution in [0, 0.1) is 6.92 Å². The summed E-state index contributed by atoms with van der Waals surface area (Å²) in [6.45, 7) is 2.90. The quantitative estimate of drug-likeness (QED) is 0.649. The number of hydrogen-bond donors (Lipinski definition) is 1. The van der Waals surface area contributed by atoms with Gasteiger partial charge in [0.15, 0.2) is 0 Å². The summed E-state index contributed by atoms with van der Waals surface area (Å²) >= 11 is 3.26. The molecule has 1 aromatic carbocycles. The standard InChI is InChI=1S/C16H21BrN4O3S/c1-13-10-19-21(11-13)9-3-8-18-16(22)12-20(2)25(23,24)15-6-4-14(17)5-7-15/h4-7,10-11H,3,8-9,12H2,1-2H3,(H,18,22). The number of rotatable bonds is 8. The fourth-order valence-electron chi connectivity index (χ4n) is 2.19. The minimum absolute atomic E-state index is 0.153. The summed E-state index contributed by atoms with van der Waals surface area (Å²) in [7, 11) is -2.29. The van der Waals surface area contributed by atoms with Gasteiger partial charge in [0.1, 0.15) is 0 Å². The van der Waals surface area contributed by atoms with E-state index in [4.69, 9.17) is 0 Å². The highest BCUT2D eigenvalue weighted by atomic mass is 79.9. The normalized spacial score (nSPS) is 11.7. The second kappa shape index (κ2) is 8.59. The Balaban J connectivity index is 1.79. The average Bonchev–Trinajstić information content (AvgIpc) is 2.97. The van der Waals surface area contributed by atoms with Gasteiger partial charge in [0.25, 0.3) is 0 Å². The number of nitrogens with one attached hydrogen (secondary N) is 1. The molecular formula is C16H21BrN4O3S. The number of halogens is 1. The Morgan fingerprint density at radius 3 is 2.60 bits per heavy atom. The van der Waals surface area contributed by atoms with E-state index < -0.39 is 10.0 Å². The third-order valence-corrected chi connectivity index (χ3v) is 5.88. The van der Waals surface area contributed by atoms with Gasteiger partial charge in [-0.3, -0.25) is 9.48 Å². The fourth-order valence-corrected chi connectivity index (χ4v) is 3.58. The highest BCUT2D eigenvalue weighted by Gasteiger charge is 2.22. The van der Waals surface area contributed by atoms with Crippen molar-refractivity contribution in [2.24, 2.45) is 0 Å². The second-order valence-electron chi connectivity index (χ2n) is 5.70. The summed E-state index contributed by atoms with van der Waals surface area (Å²) in [4.78, 5) is 12.1. The zero-order valence-electron chi connectivity index (χ0n) is 14.1. The van der Waals surface area contributed by atoms with Gasteiger partial charge in [-0.1, -0.05) is 15.9 Å². The minimum atomic E-state index is -3.68. The summed E-state index contributed by atoms with van der Waals surface area (Å²) in [5.41, 5.74) is 1.09. The molecule has 0 aliphatic rings. The van der Waals surface area contributed by atoms with Crippen molar-refractivity contribution >= 4 is 31.9 Å². The largest absolute Gasteiger partial charge is 0.355 e. The van der Waals surface area contributed by atoms with E-state index in [0.29, 0.717) is 13.1 Å². The van der Waals surface area contributed by atoms with Crippen LogP contribution in [0.5, 0.6) is 0 Å². The first-order valence-electron chi connectivity index (χ1n) is 7.77. The SMILES string of the molecule is Cc1cnn(CCCNC(=O)CN(C)S(=O)(=O)c2ccc(Br)cc2)c1. The van der Waals surface area contributed by atoms with E-state index in [2.05, 4.69) is 26.3 Å².